The molecule has 0 spiro atoms. The van der Waals surface area contributed by atoms with Crippen LogP contribution in [0.3, 0.4) is 0 Å². The van der Waals surface area contributed by atoms with Crippen molar-refractivity contribution in [3.63, 3.8) is 0 Å². The van der Waals surface area contributed by atoms with Gasteiger partial charge in [0, 0.05) is 19.2 Å². The van der Waals surface area contributed by atoms with Gasteiger partial charge in [-0.15, -0.1) is 0 Å². The number of hydrogen-bond donors (Lipinski definition) is 6. The summed E-state index contributed by atoms with van der Waals surface area (Å²) in [6.45, 7) is -0.653. The van der Waals surface area contributed by atoms with E-state index in [1.807, 2.05) is 0 Å². The summed E-state index contributed by atoms with van der Waals surface area (Å²) in [4.78, 5) is 28.8. The minimum absolute atomic E-state index is 0.0506. The maximum atomic E-state index is 11.6. The fourth-order valence-corrected chi connectivity index (χ4v) is 1.63. The average molecular weight is 317 g/mol. The predicted octanol–water partition coefficient (Wildman–Crippen LogP) is -2.68. The standard InChI is InChI=1S/C12H19N3O7/c16-4-8(18)10(20)11(9(19)5-17)22-12(21)14-2-1-7-3-13-6-15-7/h3,5-6,8-11,16,18-20H,1-2,4H2,(H,13,15)(H,14,21)/t8-,9+,10-,11-/m1/s1. The average Bonchev–Trinajstić information content (AvgIpc) is 3.03. The third kappa shape index (κ3) is 5.41. The van der Waals surface area contributed by atoms with Crippen molar-refractivity contribution in [2.45, 2.75) is 30.8 Å². The molecule has 0 aliphatic carbocycles. The molecule has 0 bridgehead atoms. The van der Waals surface area contributed by atoms with Gasteiger partial charge in [-0.2, -0.15) is 0 Å². The molecule has 6 N–H and O–H groups in total. The van der Waals surface area contributed by atoms with E-state index < -0.39 is 37.1 Å². The third-order valence-electron chi connectivity index (χ3n) is 2.84. The van der Waals surface area contributed by atoms with Gasteiger partial charge in [0.1, 0.15) is 18.3 Å². The van der Waals surface area contributed by atoms with Crippen molar-refractivity contribution >= 4 is 12.4 Å². The molecule has 0 unspecified atom stereocenters. The first-order valence-electron chi connectivity index (χ1n) is 6.52. The summed E-state index contributed by atoms with van der Waals surface area (Å²) in [7, 11) is 0. The molecule has 1 aromatic heterocycles. The zero-order chi connectivity index (χ0) is 16.5. The Morgan fingerprint density at radius 2 is 2.18 bits per heavy atom. The summed E-state index contributed by atoms with van der Waals surface area (Å²) in [5.41, 5.74) is 0.709. The number of aromatic nitrogens is 2. The summed E-state index contributed by atoms with van der Waals surface area (Å²) in [6.07, 6.45) is -4.43. The molecule has 124 valence electrons. The van der Waals surface area contributed by atoms with Crippen molar-refractivity contribution in [3.8, 4) is 0 Å². The Morgan fingerprint density at radius 1 is 1.45 bits per heavy atom. The fraction of sp³-hybridized carbons (Fsp3) is 0.583. The first kappa shape index (κ1) is 18.0. The summed E-state index contributed by atoms with van der Waals surface area (Å²) < 4.78 is 4.73. The lowest BCUT2D eigenvalue weighted by atomic mass is 10.0. The van der Waals surface area contributed by atoms with Gasteiger partial charge in [-0.05, 0) is 0 Å². The summed E-state index contributed by atoms with van der Waals surface area (Å²) in [5.74, 6) is 0. The van der Waals surface area contributed by atoms with Crippen LogP contribution in [0.5, 0.6) is 0 Å². The van der Waals surface area contributed by atoms with Crippen LogP contribution in [0.25, 0.3) is 0 Å². The Bertz CT molecular complexity index is 454. The molecule has 0 radical (unpaired) electrons. The highest BCUT2D eigenvalue weighted by molar-refractivity contribution is 5.68. The molecule has 4 atom stereocenters. The predicted molar refractivity (Wildman–Crippen MR) is 71.7 cm³/mol. The second kappa shape index (κ2) is 9.10. The quantitative estimate of drug-likeness (QED) is 0.268. The van der Waals surface area contributed by atoms with Gasteiger partial charge in [-0.25, -0.2) is 9.78 Å². The van der Waals surface area contributed by atoms with E-state index in [-0.39, 0.29) is 12.8 Å². The summed E-state index contributed by atoms with van der Waals surface area (Å²) >= 11 is 0. The molecular weight excluding hydrogens is 298 g/mol. The van der Waals surface area contributed by atoms with Crippen LogP contribution >= 0.6 is 0 Å². The minimum atomic E-state index is -1.84. The Hall–Kier alpha value is -2.01. The maximum Gasteiger partial charge on any atom is 0.407 e. The number of aliphatic hydroxyl groups excluding tert-OH is 4. The lowest BCUT2D eigenvalue weighted by molar-refractivity contribution is -0.137. The van der Waals surface area contributed by atoms with Crippen molar-refractivity contribution in [3.05, 3.63) is 18.2 Å². The Morgan fingerprint density at radius 3 is 2.73 bits per heavy atom. The number of nitrogens with zero attached hydrogens (tertiary/aromatic N) is 1. The number of aliphatic hydroxyl groups is 4. The molecule has 1 amide bonds. The van der Waals surface area contributed by atoms with Gasteiger partial charge in [0.05, 0.1) is 18.6 Å². The van der Waals surface area contributed by atoms with Crippen LogP contribution in [0, 0.1) is 0 Å². The minimum Gasteiger partial charge on any atom is -0.440 e. The molecule has 0 saturated carbocycles. The van der Waals surface area contributed by atoms with Crippen LogP contribution in [0.1, 0.15) is 5.69 Å². The van der Waals surface area contributed by atoms with Crippen LogP contribution in [0.4, 0.5) is 4.79 Å². The van der Waals surface area contributed by atoms with E-state index in [0.717, 1.165) is 0 Å². The number of carbonyl (C=O) groups is 2. The third-order valence-corrected chi connectivity index (χ3v) is 2.84. The van der Waals surface area contributed by atoms with E-state index in [2.05, 4.69) is 15.3 Å². The number of imidazole rings is 1. The van der Waals surface area contributed by atoms with E-state index in [1.165, 1.54) is 6.33 Å². The van der Waals surface area contributed by atoms with Crippen molar-refractivity contribution in [2.24, 2.45) is 0 Å². The number of rotatable bonds is 9. The van der Waals surface area contributed by atoms with Crippen LogP contribution in [0.15, 0.2) is 12.5 Å². The molecule has 10 nitrogen and oxygen atoms in total. The number of amides is 1. The summed E-state index contributed by atoms with van der Waals surface area (Å²) in [5, 5.41) is 39.5. The number of ether oxygens (including phenoxy) is 1. The van der Waals surface area contributed by atoms with Crippen LogP contribution in [-0.2, 0) is 16.0 Å². The second-order valence-corrected chi connectivity index (χ2v) is 4.47. The number of hydrogen-bond acceptors (Lipinski definition) is 8. The molecule has 0 fully saturated rings. The number of carbonyl (C=O) groups excluding carboxylic acids is 2. The van der Waals surface area contributed by atoms with E-state index >= 15 is 0 Å². The Labute approximate surface area is 125 Å². The first-order chi connectivity index (χ1) is 10.5. The van der Waals surface area contributed by atoms with Gasteiger partial charge < -0.3 is 40.3 Å². The van der Waals surface area contributed by atoms with Gasteiger partial charge >= 0.3 is 6.09 Å². The van der Waals surface area contributed by atoms with Crippen LogP contribution in [0.2, 0.25) is 0 Å². The van der Waals surface area contributed by atoms with Crippen LogP contribution in [-0.4, -0.2) is 80.3 Å². The summed E-state index contributed by atoms with van der Waals surface area (Å²) in [6, 6.07) is 0. The van der Waals surface area contributed by atoms with Crippen molar-refractivity contribution in [1.29, 1.82) is 0 Å². The smallest absolute Gasteiger partial charge is 0.407 e. The number of aromatic amines is 1. The second-order valence-electron chi connectivity index (χ2n) is 4.47. The normalized spacial score (nSPS) is 16.4. The van der Waals surface area contributed by atoms with Crippen LogP contribution < -0.4 is 5.32 Å². The fourth-order valence-electron chi connectivity index (χ4n) is 1.63. The molecule has 1 heterocycles. The van der Waals surface area contributed by atoms with E-state index in [1.54, 1.807) is 6.20 Å². The number of aldehydes is 1. The van der Waals surface area contributed by atoms with Gasteiger partial charge in [0.2, 0.25) is 0 Å². The molecule has 0 aliphatic heterocycles. The van der Waals surface area contributed by atoms with Gasteiger partial charge in [0.15, 0.2) is 12.4 Å². The van der Waals surface area contributed by atoms with Crippen molar-refractivity contribution in [2.75, 3.05) is 13.2 Å². The highest BCUT2D eigenvalue weighted by Gasteiger charge is 2.35. The monoisotopic (exact) mass is 317 g/mol. The Balaban J connectivity index is 2.49. The lowest BCUT2D eigenvalue weighted by Crippen LogP contribution is -2.50. The topological polar surface area (TPSA) is 165 Å². The number of nitrogens with one attached hydrogen (secondary N) is 2. The highest BCUT2D eigenvalue weighted by atomic mass is 16.6. The molecule has 0 aromatic carbocycles. The molecule has 22 heavy (non-hydrogen) atoms. The van der Waals surface area contributed by atoms with Crippen molar-refractivity contribution in [1.82, 2.24) is 15.3 Å². The van der Waals surface area contributed by atoms with E-state index in [0.29, 0.717) is 12.1 Å². The maximum absolute atomic E-state index is 11.6. The molecule has 0 aliphatic rings. The Kier molecular flexibility index (Phi) is 7.46. The number of alkyl carbamates (subject to hydrolysis) is 1. The zero-order valence-electron chi connectivity index (χ0n) is 11.6. The molecule has 1 rings (SSSR count). The molecular formula is C12H19N3O7. The van der Waals surface area contributed by atoms with E-state index in [4.69, 9.17) is 9.84 Å². The molecule has 10 heteroatoms. The SMILES string of the molecule is O=C[C@H](O)[C@@H](OC(=O)NCCc1c[nH]cn1)[C@H](O)[C@H](O)CO. The van der Waals surface area contributed by atoms with Gasteiger partial charge in [-0.1, -0.05) is 0 Å². The largest absolute Gasteiger partial charge is 0.440 e. The van der Waals surface area contributed by atoms with E-state index in [9.17, 15) is 24.9 Å². The lowest BCUT2D eigenvalue weighted by Gasteiger charge is -2.27. The number of H-pyrrole nitrogens is 1. The van der Waals surface area contributed by atoms with Crippen molar-refractivity contribution < 1.29 is 34.8 Å². The molecule has 1 aromatic rings. The highest BCUT2D eigenvalue weighted by Crippen LogP contribution is 2.09. The molecule has 0 saturated heterocycles. The van der Waals surface area contributed by atoms with Gasteiger partial charge in [-0.3, -0.25) is 0 Å². The first-order valence-corrected chi connectivity index (χ1v) is 6.52. The zero-order valence-corrected chi connectivity index (χ0v) is 11.6. The van der Waals surface area contributed by atoms with Gasteiger partial charge in [0.25, 0.3) is 0 Å².